The van der Waals surface area contributed by atoms with E-state index in [9.17, 15) is 20.0 Å². The molecule has 0 bridgehead atoms. The Bertz CT molecular complexity index is 1010. The van der Waals surface area contributed by atoms with Crippen molar-refractivity contribution >= 4 is 27.6 Å². The van der Waals surface area contributed by atoms with Crippen molar-refractivity contribution in [2.45, 2.75) is 19.8 Å². The third kappa shape index (κ3) is 3.75. The molecule has 0 saturated carbocycles. The van der Waals surface area contributed by atoms with E-state index in [1.54, 1.807) is 4.68 Å². The van der Waals surface area contributed by atoms with Crippen LogP contribution in [0.4, 0.5) is 5.69 Å². The van der Waals surface area contributed by atoms with Crippen LogP contribution in [0.1, 0.15) is 29.4 Å². The van der Waals surface area contributed by atoms with Crippen LogP contribution in [0.2, 0.25) is 0 Å². The lowest BCUT2D eigenvalue weighted by atomic mass is 10.0. The van der Waals surface area contributed by atoms with Crippen molar-refractivity contribution in [1.29, 1.82) is 0 Å². The molecule has 3 aromatic rings. The molecule has 8 heteroatoms. The van der Waals surface area contributed by atoms with Gasteiger partial charge in [-0.1, -0.05) is 35.3 Å². The number of nitro groups is 1. The number of carboxylic acids is 1. The normalized spacial score (nSPS) is 10.7. The third-order valence-electron chi connectivity index (χ3n) is 4.09. The summed E-state index contributed by atoms with van der Waals surface area (Å²) in [7, 11) is 0. The van der Waals surface area contributed by atoms with Crippen LogP contribution in [-0.2, 0) is 6.42 Å². The molecule has 3 rings (SSSR count). The van der Waals surface area contributed by atoms with Crippen molar-refractivity contribution in [2.24, 2.45) is 0 Å². The fourth-order valence-corrected chi connectivity index (χ4v) is 3.30. The first-order chi connectivity index (χ1) is 12.9. The van der Waals surface area contributed by atoms with Crippen LogP contribution in [0.15, 0.2) is 53.0 Å². The minimum atomic E-state index is -1.08. The summed E-state index contributed by atoms with van der Waals surface area (Å²) in [6.07, 6.45) is 1.29. The average Bonchev–Trinajstić information content (AvgIpc) is 3.02. The number of aromatic nitrogens is 2. The van der Waals surface area contributed by atoms with E-state index in [1.165, 1.54) is 24.3 Å². The highest BCUT2D eigenvalue weighted by atomic mass is 79.9. The maximum Gasteiger partial charge on any atom is 0.339 e. The quantitative estimate of drug-likeness (QED) is 0.445. The molecule has 0 aliphatic rings. The maximum atomic E-state index is 12.0. The van der Waals surface area contributed by atoms with E-state index < -0.39 is 10.9 Å². The second kappa shape index (κ2) is 7.71. The second-order valence-electron chi connectivity index (χ2n) is 5.92. The summed E-state index contributed by atoms with van der Waals surface area (Å²) in [6.45, 7) is 1.97. The van der Waals surface area contributed by atoms with Gasteiger partial charge in [-0.05, 0) is 36.8 Å². The van der Waals surface area contributed by atoms with E-state index in [-0.39, 0.29) is 11.3 Å². The van der Waals surface area contributed by atoms with Crippen molar-refractivity contribution in [3.8, 4) is 16.9 Å². The summed E-state index contributed by atoms with van der Waals surface area (Å²) in [5, 5.41) is 25.2. The molecule has 7 nitrogen and oxygen atoms in total. The highest BCUT2D eigenvalue weighted by molar-refractivity contribution is 9.10. The monoisotopic (exact) mass is 429 g/mol. The van der Waals surface area contributed by atoms with Crippen LogP contribution in [0.25, 0.3) is 16.9 Å². The number of non-ortho nitro benzene ring substituents is 1. The van der Waals surface area contributed by atoms with Gasteiger partial charge in [-0.3, -0.25) is 10.1 Å². The zero-order valence-electron chi connectivity index (χ0n) is 14.4. The number of nitro benzene ring substituents is 1. The van der Waals surface area contributed by atoms with Gasteiger partial charge in [-0.15, -0.1) is 0 Å². The molecule has 0 aliphatic carbocycles. The Morgan fingerprint density at radius 2 is 1.96 bits per heavy atom. The Labute approximate surface area is 163 Å². The number of hydrogen-bond donors (Lipinski definition) is 1. The molecule has 0 aliphatic heterocycles. The van der Waals surface area contributed by atoms with Crippen molar-refractivity contribution < 1.29 is 14.8 Å². The predicted octanol–water partition coefficient (Wildman–Crippen LogP) is 4.86. The van der Waals surface area contributed by atoms with Crippen molar-refractivity contribution in [1.82, 2.24) is 9.78 Å². The second-order valence-corrected chi connectivity index (χ2v) is 6.84. The van der Waals surface area contributed by atoms with E-state index in [1.807, 2.05) is 31.2 Å². The van der Waals surface area contributed by atoms with Gasteiger partial charge in [0, 0.05) is 22.2 Å². The standard InChI is InChI=1S/C19H16BrN3O4/c1-2-4-16-17(19(24)25)18(12-7-9-14(10-8-12)23(26)27)21-22(16)15-6-3-5-13(20)11-15/h3,5-11H,2,4H2,1H3,(H,24,25). The summed E-state index contributed by atoms with van der Waals surface area (Å²) in [5.41, 5.74) is 2.20. The number of nitrogens with zero attached hydrogens (tertiary/aromatic N) is 3. The Morgan fingerprint density at radius 1 is 1.26 bits per heavy atom. The van der Waals surface area contributed by atoms with Gasteiger partial charge < -0.3 is 5.11 Å². The van der Waals surface area contributed by atoms with Crippen molar-refractivity contribution in [3.05, 3.63) is 74.4 Å². The van der Waals surface area contributed by atoms with Crippen molar-refractivity contribution in [2.75, 3.05) is 0 Å². The molecule has 0 fully saturated rings. The smallest absolute Gasteiger partial charge is 0.339 e. The van der Waals surface area contributed by atoms with Crippen LogP contribution in [-0.4, -0.2) is 25.8 Å². The molecular formula is C19H16BrN3O4. The van der Waals surface area contributed by atoms with E-state index in [2.05, 4.69) is 21.0 Å². The Balaban J connectivity index is 2.23. The van der Waals surface area contributed by atoms with Gasteiger partial charge in [0.05, 0.1) is 16.3 Å². The van der Waals surface area contributed by atoms with E-state index in [0.717, 1.165) is 16.6 Å². The van der Waals surface area contributed by atoms with Crippen LogP contribution >= 0.6 is 15.9 Å². The summed E-state index contributed by atoms with van der Waals surface area (Å²) in [4.78, 5) is 22.4. The summed E-state index contributed by atoms with van der Waals surface area (Å²) < 4.78 is 2.49. The molecule has 0 saturated heterocycles. The number of carboxylic acid groups (broad SMARTS) is 1. The Kier molecular flexibility index (Phi) is 5.36. The minimum Gasteiger partial charge on any atom is -0.478 e. The molecular weight excluding hydrogens is 414 g/mol. The number of hydrogen-bond acceptors (Lipinski definition) is 4. The van der Waals surface area contributed by atoms with Gasteiger partial charge in [0.1, 0.15) is 11.3 Å². The maximum absolute atomic E-state index is 12.0. The molecule has 1 aromatic heterocycles. The fourth-order valence-electron chi connectivity index (χ4n) is 2.91. The first kappa shape index (κ1) is 18.8. The minimum absolute atomic E-state index is 0.0594. The molecule has 0 unspecified atom stereocenters. The van der Waals surface area contributed by atoms with E-state index in [0.29, 0.717) is 23.4 Å². The fraction of sp³-hybridized carbons (Fsp3) is 0.158. The molecule has 0 atom stereocenters. The topological polar surface area (TPSA) is 98.3 Å². The number of benzene rings is 2. The number of carbonyl (C=O) groups is 1. The number of rotatable bonds is 6. The zero-order valence-corrected chi connectivity index (χ0v) is 16.0. The van der Waals surface area contributed by atoms with Gasteiger partial charge in [0.2, 0.25) is 0 Å². The average molecular weight is 430 g/mol. The van der Waals surface area contributed by atoms with Crippen LogP contribution in [0.5, 0.6) is 0 Å². The van der Waals surface area contributed by atoms with Gasteiger partial charge in [0.25, 0.3) is 5.69 Å². The third-order valence-corrected chi connectivity index (χ3v) is 4.58. The summed E-state index contributed by atoms with van der Waals surface area (Å²) in [6, 6.07) is 13.2. The van der Waals surface area contributed by atoms with E-state index in [4.69, 9.17) is 0 Å². The lowest BCUT2D eigenvalue weighted by molar-refractivity contribution is -0.384. The number of halogens is 1. The SMILES string of the molecule is CCCc1c(C(=O)O)c(-c2ccc([N+](=O)[O-])cc2)nn1-c1cccc(Br)c1. The van der Waals surface area contributed by atoms with E-state index >= 15 is 0 Å². The first-order valence-corrected chi connectivity index (χ1v) is 9.07. The highest BCUT2D eigenvalue weighted by Crippen LogP contribution is 2.30. The molecule has 138 valence electrons. The van der Waals surface area contributed by atoms with Crippen LogP contribution in [0, 0.1) is 10.1 Å². The number of aromatic carboxylic acids is 1. The molecule has 0 radical (unpaired) electrons. The Hall–Kier alpha value is -3.00. The predicted molar refractivity (Wildman–Crippen MR) is 104 cm³/mol. The largest absolute Gasteiger partial charge is 0.478 e. The van der Waals surface area contributed by atoms with Gasteiger partial charge in [-0.2, -0.15) is 5.10 Å². The molecule has 1 N–H and O–H groups in total. The summed E-state index contributed by atoms with van der Waals surface area (Å²) in [5.74, 6) is -1.08. The Morgan fingerprint density at radius 3 is 2.52 bits per heavy atom. The van der Waals surface area contributed by atoms with Crippen LogP contribution < -0.4 is 0 Å². The molecule has 27 heavy (non-hydrogen) atoms. The lowest BCUT2D eigenvalue weighted by Crippen LogP contribution is -2.06. The molecule has 0 amide bonds. The van der Waals surface area contributed by atoms with Crippen molar-refractivity contribution in [3.63, 3.8) is 0 Å². The van der Waals surface area contributed by atoms with Gasteiger partial charge in [0.15, 0.2) is 0 Å². The molecule has 0 spiro atoms. The summed E-state index contributed by atoms with van der Waals surface area (Å²) >= 11 is 3.42. The molecule has 2 aromatic carbocycles. The van der Waals surface area contributed by atoms with Gasteiger partial charge in [-0.25, -0.2) is 9.48 Å². The lowest BCUT2D eigenvalue weighted by Gasteiger charge is -2.07. The zero-order chi connectivity index (χ0) is 19.6. The van der Waals surface area contributed by atoms with Crippen LogP contribution in [0.3, 0.4) is 0 Å². The molecule has 1 heterocycles. The highest BCUT2D eigenvalue weighted by Gasteiger charge is 2.25. The first-order valence-electron chi connectivity index (χ1n) is 8.28. The van der Waals surface area contributed by atoms with Gasteiger partial charge >= 0.3 is 5.97 Å².